The molecule has 0 spiro atoms. The van der Waals surface area contributed by atoms with E-state index in [0.29, 0.717) is 6.54 Å². The van der Waals surface area contributed by atoms with Crippen molar-refractivity contribution >= 4 is 17.4 Å². The average Bonchev–Trinajstić information content (AvgIpc) is 3.23. The number of aryl methyl sites for hydroxylation is 1. The van der Waals surface area contributed by atoms with E-state index in [2.05, 4.69) is 28.1 Å². The van der Waals surface area contributed by atoms with Crippen LogP contribution in [0.15, 0.2) is 36.4 Å². The standard InChI is InChI=1S/C25H31F3N4O/c1-3-18-5-6-19-9-10-32(23(19)15-18)24(33)29-21-8-7-20(22(16-21)25(26,27)28)17-31-13-11-30(4-2)12-14-31/h5-8,15-16H,3-4,9-14,17H2,1-2H3,(H,29,33). The van der Waals surface area contributed by atoms with Gasteiger partial charge in [0, 0.05) is 50.6 Å². The number of nitrogens with zero attached hydrogens (tertiary/aromatic N) is 3. The third kappa shape index (κ3) is 5.33. The van der Waals surface area contributed by atoms with Gasteiger partial charge in [-0.3, -0.25) is 9.80 Å². The predicted octanol–water partition coefficient (Wildman–Crippen LogP) is 5.00. The molecule has 0 bridgehead atoms. The van der Waals surface area contributed by atoms with Gasteiger partial charge in [0.05, 0.1) is 5.56 Å². The topological polar surface area (TPSA) is 38.8 Å². The van der Waals surface area contributed by atoms with Crippen molar-refractivity contribution in [2.75, 3.05) is 49.5 Å². The van der Waals surface area contributed by atoms with Gasteiger partial charge in [-0.15, -0.1) is 0 Å². The molecule has 33 heavy (non-hydrogen) atoms. The van der Waals surface area contributed by atoms with Crippen LogP contribution in [0, 0.1) is 0 Å². The Labute approximate surface area is 193 Å². The maximum absolute atomic E-state index is 13.9. The van der Waals surface area contributed by atoms with Crippen molar-refractivity contribution in [3.63, 3.8) is 0 Å². The molecule has 0 radical (unpaired) electrons. The lowest BCUT2D eigenvalue weighted by Crippen LogP contribution is -2.45. The number of urea groups is 1. The molecule has 2 aromatic carbocycles. The fraction of sp³-hybridized carbons (Fsp3) is 0.480. The van der Waals surface area contributed by atoms with Crippen molar-refractivity contribution in [2.24, 2.45) is 0 Å². The van der Waals surface area contributed by atoms with Crippen LogP contribution >= 0.6 is 0 Å². The number of likely N-dealkylation sites (N-methyl/N-ethyl adjacent to an activating group) is 1. The second-order valence-electron chi connectivity index (χ2n) is 8.73. The molecule has 0 atom stereocenters. The van der Waals surface area contributed by atoms with Crippen molar-refractivity contribution in [3.8, 4) is 0 Å². The first kappa shape index (κ1) is 23.6. The van der Waals surface area contributed by atoms with Crippen molar-refractivity contribution < 1.29 is 18.0 Å². The molecule has 1 fully saturated rings. The summed E-state index contributed by atoms with van der Waals surface area (Å²) in [7, 11) is 0. The maximum atomic E-state index is 13.9. The highest BCUT2D eigenvalue weighted by Crippen LogP contribution is 2.35. The number of hydrogen-bond donors (Lipinski definition) is 1. The number of benzene rings is 2. The smallest absolute Gasteiger partial charge is 0.308 e. The second kappa shape index (κ2) is 9.73. The number of amides is 2. The minimum absolute atomic E-state index is 0.159. The molecule has 1 saturated heterocycles. The van der Waals surface area contributed by atoms with E-state index in [1.165, 1.54) is 6.07 Å². The summed E-state index contributed by atoms with van der Waals surface area (Å²) in [5.74, 6) is 0. The molecule has 2 amide bonds. The minimum atomic E-state index is -4.49. The second-order valence-corrected chi connectivity index (χ2v) is 8.73. The zero-order chi connectivity index (χ0) is 23.6. The molecular formula is C25H31F3N4O. The van der Waals surface area contributed by atoms with E-state index >= 15 is 0 Å². The van der Waals surface area contributed by atoms with E-state index in [1.54, 1.807) is 11.0 Å². The van der Waals surface area contributed by atoms with Gasteiger partial charge < -0.3 is 10.2 Å². The Kier molecular flexibility index (Phi) is 6.95. The average molecular weight is 461 g/mol. The molecule has 8 heteroatoms. The first-order valence-electron chi connectivity index (χ1n) is 11.6. The predicted molar refractivity (Wildman–Crippen MR) is 125 cm³/mol. The summed E-state index contributed by atoms with van der Waals surface area (Å²) in [6.07, 6.45) is -2.89. The number of piperazine rings is 1. The number of rotatable bonds is 5. The fourth-order valence-corrected chi connectivity index (χ4v) is 4.61. The Hall–Kier alpha value is -2.58. The zero-order valence-corrected chi connectivity index (χ0v) is 19.2. The van der Waals surface area contributed by atoms with Crippen molar-refractivity contribution in [1.82, 2.24) is 9.80 Å². The van der Waals surface area contributed by atoms with Crippen LogP contribution in [0.1, 0.15) is 36.1 Å². The van der Waals surface area contributed by atoms with Gasteiger partial charge >= 0.3 is 12.2 Å². The molecule has 0 aliphatic carbocycles. The number of halogens is 3. The lowest BCUT2D eigenvalue weighted by molar-refractivity contribution is -0.138. The molecule has 178 valence electrons. The fourth-order valence-electron chi connectivity index (χ4n) is 4.61. The molecule has 0 aromatic heterocycles. The number of nitrogens with one attached hydrogen (secondary N) is 1. The lowest BCUT2D eigenvalue weighted by atomic mass is 10.0. The first-order valence-corrected chi connectivity index (χ1v) is 11.6. The van der Waals surface area contributed by atoms with E-state index < -0.39 is 17.8 Å². The highest BCUT2D eigenvalue weighted by Gasteiger charge is 2.34. The summed E-state index contributed by atoms with van der Waals surface area (Å²) >= 11 is 0. The van der Waals surface area contributed by atoms with Gasteiger partial charge in [0.2, 0.25) is 0 Å². The molecule has 4 rings (SSSR count). The van der Waals surface area contributed by atoms with Crippen LogP contribution in [0.25, 0.3) is 0 Å². The van der Waals surface area contributed by atoms with Gasteiger partial charge in [0.15, 0.2) is 0 Å². The monoisotopic (exact) mass is 460 g/mol. The van der Waals surface area contributed by atoms with Crippen molar-refractivity contribution in [2.45, 2.75) is 39.4 Å². The van der Waals surface area contributed by atoms with E-state index in [-0.39, 0.29) is 17.8 Å². The minimum Gasteiger partial charge on any atom is -0.308 e. The van der Waals surface area contributed by atoms with E-state index in [1.807, 2.05) is 19.1 Å². The SMILES string of the molecule is CCc1ccc2c(c1)N(C(=O)Nc1ccc(CN3CCN(CC)CC3)c(C(F)(F)F)c1)CC2. The zero-order valence-electron chi connectivity index (χ0n) is 19.2. The van der Waals surface area contributed by atoms with Crippen LogP contribution in [-0.4, -0.2) is 55.1 Å². The van der Waals surface area contributed by atoms with E-state index in [9.17, 15) is 18.0 Å². The number of fused-ring (bicyclic) bond motifs is 1. The molecule has 0 unspecified atom stereocenters. The van der Waals surface area contributed by atoms with E-state index in [0.717, 1.165) is 68.4 Å². The number of carbonyl (C=O) groups excluding carboxylic acids is 1. The number of alkyl halides is 3. The third-order valence-corrected chi connectivity index (χ3v) is 6.67. The number of hydrogen-bond acceptors (Lipinski definition) is 3. The Morgan fingerprint density at radius 3 is 2.36 bits per heavy atom. The molecule has 5 nitrogen and oxygen atoms in total. The number of anilines is 2. The largest absolute Gasteiger partial charge is 0.416 e. The maximum Gasteiger partial charge on any atom is 0.416 e. The summed E-state index contributed by atoms with van der Waals surface area (Å²) < 4.78 is 41.6. The van der Waals surface area contributed by atoms with Gasteiger partial charge in [0.25, 0.3) is 0 Å². The van der Waals surface area contributed by atoms with E-state index in [4.69, 9.17) is 0 Å². The highest BCUT2D eigenvalue weighted by molar-refractivity contribution is 6.03. The summed E-state index contributed by atoms with van der Waals surface area (Å²) in [5, 5.41) is 2.69. The number of carbonyl (C=O) groups is 1. The van der Waals surface area contributed by atoms with Crippen LogP contribution in [0.5, 0.6) is 0 Å². The molecule has 0 saturated carbocycles. The molecular weight excluding hydrogens is 429 g/mol. The Balaban J connectivity index is 1.50. The van der Waals surface area contributed by atoms with Crippen LogP contribution in [0.4, 0.5) is 29.3 Å². The Morgan fingerprint density at radius 2 is 1.70 bits per heavy atom. The molecule has 2 aliphatic heterocycles. The summed E-state index contributed by atoms with van der Waals surface area (Å²) in [5.41, 5.74) is 2.75. The normalized spacial score (nSPS) is 17.3. The lowest BCUT2D eigenvalue weighted by Gasteiger charge is -2.34. The van der Waals surface area contributed by atoms with Gasteiger partial charge in [-0.25, -0.2) is 4.79 Å². The van der Waals surface area contributed by atoms with Crippen molar-refractivity contribution in [3.05, 3.63) is 58.7 Å². The van der Waals surface area contributed by atoms with Crippen molar-refractivity contribution in [1.29, 1.82) is 0 Å². The Morgan fingerprint density at radius 1 is 0.970 bits per heavy atom. The summed E-state index contributed by atoms with van der Waals surface area (Å²) in [6, 6.07) is 9.80. The van der Waals surface area contributed by atoms with Gasteiger partial charge in [0.1, 0.15) is 0 Å². The van der Waals surface area contributed by atoms with Crippen LogP contribution in [0.3, 0.4) is 0 Å². The third-order valence-electron chi connectivity index (χ3n) is 6.67. The van der Waals surface area contributed by atoms with Crippen LogP contribution in [0.2, 0.25) is 0 Å². The van der Waals surface area contributed by atoms with Gasteiger partial charge in [-0.2, -0.15) is 13.2 Å². The summed E-state index contributed by atoms with van der Waals surface area (Å²) in [6.45, 7) is 9.08. The highest BCUT2D eigenvalue weighted by atomic mass is 19.4. The van der Waals surface area contributed by atoms with Gasteiger partial charge in [-0.05, 0) is 54.3 Å². The molecule has 1 N–H and O–H groups in total. The first-order chi connectivity index (χ1) is 15.8. The molecule has 2 aliphatic rings. The summed E-state index contributed by atoms with van der Waals surface area (Å²) in [4.78, 5) is 18.9. The molecule has 2 aromatic rings. The van der Waals surface area contributed by atoms with Crippen LogP contribution < -0.4 is 10.2 Å². The van der Waals surface area contributed by atoms with Gasteiger partial charge in [-0.1, -0.05) is 32.0 Å². The quantitative estimate of drug-likeness (QED) is 0.683. The molecule has 2 heterocycles. The van der Waals surface area contributed by atoms with Crippen LogP contribution in [-0.2, 0) is 25.6 Å². The Bertz CT molecular complexity index is 1000.